The third-order valence-electron chi connectivity index (χ3n) is 0.860. The summed E-state index contributed by atoms with van der Waals surface area (Å²) in [5.74, 6) is 0. The average Bonchev–Trinajstić information content (AvgIpc) is 2.14. The van der Waals surface area contributed by atoms with Gasteiger partial charge in [-0.05, 0) is 0 Å². The van der Waals surface area contributed by atoms with Crippen molar-refractivity contribution in [2.75, 3.05) is 0 Å². The number of halogens is 1. The van der Waals surface area contributed by atoms with Crippen LogP contribution in [-0.4, -0.2) is 10.2 Å². The summed E-state index contributed by atoms with van der Waals surface area (Å²) in [6, 6.07) is 0. The normalized spacial score (nSPS) is 12.4. The molecule has 0 spiro atoms. The minimum absolute atomic E-state index is 0.770. The molecule has 0 aliphatic heterocycles. The van der Waals surface area contributed by atoms with Crippen molar-refractivity contribution < 1.29 is 0 Å². The molecule has 0 unspecified atom stereocenters. The Hall–Kier alpha value is -0.760. The highest BCUT2D eigenvalue weighted by atomic mass is 35.5. The van der Waals surface area contributed by atoms with Crippen LogP contribution in [0.5, 0.6) is 0 Å². The zero-order chi connectivity index (χ0) is 5.98. The lowest BCUT2D eigenvalue weighted by molar-refractivity contribution is 1.06. The molecule has 1 heterocycles. The molecule has 0 aliphatic rings. The lowest BCUT2D eigenvalue weighted by Gasteiger charge is -1.65. The number of aromatic amines is 1. The largest absolute Gasteiger partial charge is 0.277 e. The van der Waals surface area contributed by atoms with E-state index in [-0.39, 0.29) is 0 Å². The van der Waals surface area contributed by atoms with Gasteiger partial charge in [0.15, 0.2) is 0 Å². The Morgan fingerprint density at radius 1 is 1.88 bits per heavy atom. The molecule has 0 aromatic carbocycles. The molecule has 8 heavy (non-hydrogen) atoms. The van der Waals surface area contributed by atoms with E-state index in [0.29, 0.717) is 0 Å². The average molecular weight is 129 g/mol. The first-order valence-corrected chi connectivity index (χ1v) is 2.57. The van der Waals surface area contributed by atoms with Crippen molar-refractivity contribution in [3.05, 3.63) is 16.8 Å². The van der Waals surface area contributed by atoms with E-state index >= 15 is 0 Å². The first-order chi connectivity index (χ1) is 3.84. The van der Waals surface area contributed by atoms with Gasteiger partial charge in [-0.2, -0.15) is 5.10 Å². The molecule has 3 heteroatoms. The molecular formula is C5H5ClN2. The van der Waals surface area contributed by atoms with Crippen molar-refractivity contribution in [2.24, 2.45) is 0 Å². The van der Waals surface area contributed by atoms with E-state index in [9.17, 15) is 0 Å². The van der Waals surface area contributed by atoms with Crippen LogP contribution in [0.3, 0.4) is 0 Å². The zero-order valence-corrected chi connectivity index (χ0v) is 4.94. The van der Waals surface area contributed by atoms with Crippen LogP contribution in [0.4, 0.5) is 0 Å². The topological polar surface area (TPSA) is 28.7 Å². The van der Waals surface area contributed by atoms with E-state index in [1.165, 1.54) is 5.54 Å². The molecule has 0 radical (unpaired) electrons. The molecule has 1 N–H and O–H groups in total. The molecule has 0 bridgehead atoms. The molecule has 0 amide bonds. The summed E-state index contributed by atoms with van der Waals surface area (Å²) in [5, 5.41) is 7.93. The Labute approximate surface area is 51.5 Å². The van der Waals surface area contributed by atoms with Gasteiger partial charge in [0.25, 0.3) is 0 Å². The van der Waals surface area contributed by atoms with Crippen molar-refractivity contribution in [3.63, 3.8) is 0 Å². The van der Waals surface area contributed by atoms with E-state index in [4.69, 9.17) is 11.6 Å². The van der Waals surface area contributed by atoms with Gasteiger partial charge in [-0.15, -0.1) is 0 Å². The van der Waals surface area contributed by atoms with Crippen LogP contribution in [0.2, 0.25) is 0 Å². The van der Waals surface area contributed by atoms with Crippen LogP contribution in [0.25, 0.3) is 12.1 Å². The van der Waals surface area contributed by atoms with Gasteiger partial charge in [-0.25, -0.2) is 0 Å². The quantitative estimate of drug-likeness (QED) is 0.515. The van der Waals surface area contributed by atoms with E-state index in [2.05, 4.69) is 16.8 Å². The number of aromatic nitrogens is 2. The second-order valence-corrected chi connectivity index (χ2v) is 1.64. The molecule has 1 aromatic rings. The first kappa shape index (κ1) is 5.38. The van der Waals surface area contributed by atoms with Crippen LogP contribution < -0.4 is 10.6 Å². The fraction of sp³-hybridized carbons (Fsp3) is 0. The zero-order valence-electron chi connectivity index (χ0n) is 4.19. The smallest absolute Gasteiger partial charge is 0.0757 e. The van der Waals surface area contributed by atoms with Gasteiger partial charge >= 0.3 is 0 Å². The summed E-state index contributed by atoms with van der Waals surface area (Å²) in [4.78, 5) is 0. The standard InChI is InChI=1S/C5H5ClN2/c1-4-3-7-8-5(4)2-6/h2-3,8H,1H2/b5-2-. The Bertz CT molecular complexity index is 262. The molecule has 42 valence electrons. The SMILES string of the molecule is C=c1cn[nH]/c1=C\Cl. The third-order valence-corrected chi connectivity index (χ3v) is 1.08. The predicted octanol–water partition coefficient (Wildman–Crippen LogP) is -0.203. The van der Waals surface area contributed by atoms with E-state index in [1.54, 1.807) is 6.20 Å². The van der Waals surface area contributed by atoms with Gasteiger partial charge in [-0.3, -0.25) is 5.10 Å². The third kappa shape index (κ3) is 0.746. The van der Waals surface area contributed by atoms with Gasteiger partial charge in [0.2, 0.25) is 0 Å². The fourth-order valence-electron chi connectivity index (χ4n) is 0.416. The van der Waals surface area contributed by atoms with E-state index in [1.807, 2.05) is 0 Å². The highest BCUT2D eigenvalue weighted by molar-refractivity contribution is 6.38. The number of rotatable bonds is 0. The van der Waals surface area contributed by atoms with Crippen molar-refractivity contribution in [1.82, 2.24) is 10.2 Å². The second kappa shape index (κ2) is 2.01. The van der Waals surface area contributed by atoms with E-state index in [0.717, 1.165) is 10.6 Å². The van der Waals surface area contributed by atoms with Crippen LogP contribution in [0, 0.1) is 0 Å². The van der Waals surface area contributed by atoms with Crippen molar-refractivity contribution in [2.45, 2.75) is 0 Å². The molecule has 2 nitrogen and oxygen atoms in total. The van der Waals surface area contributed by atoms with Crippen molar-refractivity contribution >= 4 is 23.7 Å². The van der Waals surface area contributed by atoms with Gasteiger partial charge in [0, 0.05) is 10.8 Å². The molecule has 0 fully saturated rings. The van der Waals surface area contributed by atoms with Gasteiger partial charge in [-0.1, -0.05) is 18.2 Å². The first-order valence-electron chi connectivity index (χ1n) is 2.13. The van der Waals surface area contributed by atoms with Crippen LogP contribution in [-0.2, 0) is 0 Å². The maximum atomic E-state index is 5.34. The summed E-state index contributed by atoms with van der Waals surface area (Å²) in [5.41, 5.74) is 1.41. The maximum Gasteiger partial charge on any atom is 0.0757 e. The number of hydrogen-bond donors (Lipinski definition) is 1. The Kier molecular flexibility index (Phi) is 1.35. The van der Waals surface area contributed by atoms with Gasteiger partial charge < -0.3 is 0 Å². The van der Waals surface area contributed by atoms with Crippen LogP contribution in [0.15, 0.2) is 6.20 Å². The Morgan fingerprint density at radius 3 is 2.88 bits per heavy atom. The summed E-state index contributed by atoms with van der Waals surface area (Å²) in [6.07, 6.45) is 1.62. The monoisotopic (exact) mass is 128 g/mol. The minimum Gasteiger partial charge on any atom is -0.277 e. The maximum absolute atomic E-state index is 5.34. The molecule has 0 atom stereocenters. The second-order valence-electron chi connectivity index (χ2n) is 1.42. The summed E-state index contributed by atoms with van der Waals surface area (Å²) >= 11 is 5.34. The highest BCUT2D eigenvalue weighted by Crippen LogP contribution is 1.65. The minimum atomic E-state index is 0.770. The molecule has 0 saturated carbocycles. The van der Waals surface area contributed by atoms with Crippen LogP contribution in [0.1, 0.15) is 0 Å². The van der Waals surface area contributed by atoms with E-state index < -0.39 is 0 Å². The lowest BCUT2D eigenvalue weighted by Crippen LogP contribution is -2.18. The van der Waals surface area contributed by atoms with Crippen LogP contribution >= 0.6 is 11.6 Å². The summed E-state index contributed by atoms with van der Waals surface area (Å²) < 4.78 is 0. The summed E-state index contributed by atoms with van der Waals surface area (Å²) in [6.45, 7) is 3.64. The lowest BCUT2D eigenvalue weighted by atomic mass is 10.5. The molecule has 0 saturated heterocycles. The number of nitrogens with one attached hydrogen (secondary N) is 1. The highest BCUT2D eigenvalue weighted by Gasteiger charge is 1.77. The van der Waals surface area contributed by atoms with Gasteiger partial charge in [0.1, 0.15) is 0 Å². The molecule has 0 aliphatic carbocycles. The Morgan fingerprint density at radius 2 is 2.62 bits per heavy atom. The van der Waals surface area contributed by atoms with Crippen molar-refractivity contribution in [3.8, 4) is 0 Å². The number of H-pyrrole nitrogens is 1. The Balaban J connectivity index is 3.55. The summed E-state index contributed by atoms with van der Waals surface area (Å²) in [7, 11) is 0. The fourth-order valence-corrected chi connectivity index (χ4v) is 0.604. The molecule has 1 aromatic heterocycles. The predicted molar refractivity (Wildman–Crippen MR) is 33.7 cm³/mol. The van der Waals surface area contributed by atoms with Crippen molar-refractivity contribution in [1.29, 1.82) is 0 Å². The number of nitrogens with zero attached hydrogens (tertiary/aromatic N) is 1. The van der Waals surface area contributed by atoms with Gasteiger partial charge in [0.05, 0.1) is 11.5 Å². The molecule has 1 rings (SSSR count). The molecular weight excluding hydrogens is 124 g/mol. The number of hydrogen-bond acceptors (Lipinski definition) is 1.